The van der Waals surface area contributed by atoms with E-state index in [4.69, 9.17) is 0 Å². The van der Waals surface area contributed by atoms with Gasteiger partial charge in [-0.05, 0) is 52.8 Å². The van der Waals surface area contributed by atoms with Gasteiger partial charge in [0, 0.05) is 11.2 Å². The van der Waals surface area contributed by atoms with Crippen molar-refractivity contribution < 1.29 is 13.2 Å². The number of hydrogen-bond acceptors (Lipinski definition) is 5. The van der Waals surface area contributed by atoms with Crippen LogP contribution in [0.25, 0.3) is 10.2 Å². The molecule has 2 N–H and O–H groups in total. The molecular weight excluding hydrogens is 334 g/mol. The highest BCUT2D eigenvalue weighted by molar-refractivity contribution is 7.94. The number of carbonyl (C=O) groups is 1. The SMILES string of the molecule is CC(C)S(=O)(=O)c1nc2ccc(NC(=O)NC(C)(C)C)cc2s1. The summed E-state index contributed by atoms with van der Waals surface area (Å²) in [5, 5.41) is 5.03. The summed E-state index contributed by atoms with van der Waals surface area (Å²) in [5.41, 5.74) is 0.865. The number of nitrogens with one attached hydrogen (secondary N) is 2. The molecule has 0 saturated carbocycles. The van der Waals surface area contributed by atoms with Crippen LogP contribution in [0.15, 0.2) is 22.5 Å². The molecule has 0 radical (unpaired) electrons. The lowest BCUT2D eigenvalue weighted by atomic mass is 10.1. The van der Waals surface area contributed by atoms with Crippen LogP contribution in [0.4, 0.5) is 10.5 Å². The molecule has 2 aromatic rings. The first-order valence-corrected chi connectivity index (χ1v) is 9.59. The maximum absolute atomic E-state index is 12.2. The zero-order valence-electron chi connectivity index (χ0n) is 13.8. The number of sulfone groups is 1. The number of benzene rings is 1. The van der Waals surface area contributed by atoms with Gasteiger partial charge in [0.15, 0.2) is 0 Å². The van der Waals surface area contributed by atoms with Crippen LogP contribution >= 0.6 is 11.3 Å². The lowest BCUT2D eigenvalue weighted by Gasteiger charge is -2.20. The van der Waals surface area contributed by atoms with Crippen molar-refractivity contribution in [3.8, 4) is 0 Å². The first-order chi connectivity index (χ1) is 10.5. The van der Waals surface area contributed by atoms with Crippen molar-refractivity contribution in [2.24, 2.45) is 0 Å². The molecule has 0 aliphatic rings. The Morgan fingerprint density at radius 1 is 1.26 bits per heavy atom. The summed E-state index contributed by atoms with van der Waals surface area (Å²) in [4.78, 5) is 16.1. The van der Waals surface area contributed by atoms with E-state index in [-0.39, 0.29) is 15.9 Å². The lowest BCUT2D eigenvalue weighted by molar-refractivity contribution is 0.244. The maximum Gasteiger partial charge on any atom is 0.319 e. The summed E-state index contributed by atoms with van der Waals surface area (Å²) in [7, 11) is -3.39. The van der Waals surface area contributed by atoms with Crippen molar-refractivity contribution in [1.29, 1.82) is 0 Å². The monoisotopic (exact) mass is 355 g/mol. The van der Waals surface area contributed by atoms with Crippen LogP contribution in [0.1, 0.15) is 34.6 Å². The second-order valence-corrected chi connectivity index (χ2v) is 10.3. The molecule has 1 heterocycles. The van der Waals surface area contributed by atoms with E-state index >= 15 is 0 Å². The maximum atomic E-state index is 12.2. The fraction of sp³-hybridized carbons (Fsp3) is 0.467. The first-order valence-electron chi connectivity index (χ1n) is 7.23. The topological polar surface area (TPSA) is 88.2 Å². The Kier molecular flexibility index (Phi) is 4.68. The Hall–Kier alpha value is -1.67. The van der Waals surface area contributed by atoms with Gasteiger partial charge in [0.1, 0.15) is 0 Å². The zero-order chi connectivity index (χ0) is 17.4. The summed E-state index contributed by atoms with van der Waals surface area (Å²) >= 11 is 1.12. The third-order valence-electron chi connectivity index (χ3n) is 2.98. The highest BCUT2D eigenvalue weighted by atomic mass is 32.2. The Labute approximate surface area is 140 Å². The molecule has 0 saturated heterocycles. The van der Waals surface area contributed by atoms with Gasteiger partial charge in [-0.3, -0.25) is 0 Å². The van der Waals surface area contributed by atoms with Gasteiger partial charge in [-0.1, -0.05) is 0 Å². The molecule has 1 aromatic carbocycles. The summed E-state index contributed by atoms with van der Waals surface area (Å²) in [6.07, 6.45) is 0. The largest absolute Gasteiger partial charge is 0.333 e. The number of nitrogens with zero attached hydrogens (tertiary/aromatic N) is 1. The molecule has 0 bridgehead atoms. The summed E-state index contributed by atoms with van der Waals surface area (Å²) in [6.45, 7) is 8.93. The fourth-order valence-electron chi connectivity index (χ4n) is 1.81. The average Bonchev–Trinajstić information content (AvgIpc) is 2.79. The number of rotatable bonds is 3. The van der Waals surface area contributed by atoms with Crippen molar-refractivity contribution >= 4 is 43.1 Å². The van der Waals surface area contributed by atoms with Gasteiger partial charge >= 0.3 is 6.03 Å². The molecule has 2 rings (SSSR count). The van der Waals surface area contributed by atoms with E-state index in [1.165, 1.54) is 0 Å². The average molecular weight is 355 g/mol. The van der Waals surface area contributed by atoms with Crippen LogP contribution in [0.2, 0.25) is 0 Å². The molecule has 0 aliphatic carbocycles. The molecule has 0 fully saturated rings. The van der Waals surface area contributed by atoms with Crippen molar-refractivity contribution in [3.63, 3.8) is 0 Å². The van der Waals surface area contributed by atoms with E-state index in [1.807, 2.05) is 20.8 Å². The van der Waals surface area contributed by atoms with E-state index in [0.717, 1.165) is 16.0 Å². The number of anilines is 1. The number of amides is 2. The van der Waals surface area contributed by atoms with Crippen LogP contribution in [-0.2, 0) is 9.84 Å². The Morgan fingerprint density at radius 3 is 2.48 bits per heavy atom. The van der Waals surface area contributed by atoms with Crippen LogP contribution in [-0.4, -0.2) is 30.2 Å². The fourth-order valence-corrected chi connectivity index (χ4v) is 4.48. The van der Waals surface area contributed by atoms with Gasteiger partial charge in [-0.2, -0.15) is 0 Å². The van der Waals surface area contributed by atoms with E-state index in [2.05, 4.69) is 15.6 Å². The predicted octanol–water partition coefficient (Wildman–Crippen LogP) is 3.40. The number of hydrogen-bond donors (Lipinski definition) is 2. The highest BCUT2D eigenvalue weighted by Gasteiger charge is 2.23. The number of fused-ring (bicyclic) bond motifs is 1. The minimum atomic E-state index is -3.39. The molecular formula is C15H21N3O3S2. The van der Waals surface area contributed by atoms with E-state index < -0.39 is 15.1 Å². The second-order valence-electron chi connectivity index (χ2n) is 6.59. The lowest BCUT2D eigenvalue weighted by Crippen LogP contribution is -2.43. The van der Waals surface area contributed by atoms with Crippen molar-refractivity contribution in [2.45, 2.75) is 49.7 Å². The minimum Gasteiger partial charge on any atom is -0.333 e. The number of thiazole rings is 1. The van der Waals surface area contributed by atoms with Crippen LogP contribution in [0.3, 0.4) is 0 Å². The second kappa shape index (κ2) is 6.09. The van der Waals surface area contributed by atoms with Gasteiger partial charge < -0.3 is 10.6 Å². The molecule has 8 heteroatoms. The number of aromatic nitrogens is 1. The molecule has 0 atom stereocenters. The zero-order valence-corrected chi connectivity index (χ0v) is 15.4. The van der Waals surface area contributed by atoms with E-state index in [1.54, 1.807) is 32.0 Å². The third-order valence-corrected chi connectivity index (χ3v) is 6.56. The summed E-state index contributed by atoms with van der Waals surface area (Å²) in [5.74, 6) is 0. The van der Waals surface area contributed by atoms with Crippen LogP contribution < -0.4 is 10.6 Å². The third kappa shape index (κ3) is 4.20. The molecule has 23 heavy (non-hydrogen) atoms. The van der Waals surface area contributed by atoms with Crippen LogP contribution in [0, 0.1) is 0 Å². The van der Waals surface area contributed by atoms with Gasteiger partial charge in [0.25, 0.3) is 0 Å². The van der Waals surface area contributed by atoms with Crippen molar-refractivity contribution in [3.05, 3.63) is 18.2 Å². The Balaban J connectivity index is 2.28. The summed E-state index contributed by atoms with van der Waals surface area (Å²) in [6, 6.07) is 4.83. The molecule has 0 spiro atoms. The summed E-state index contributed by atoms with van der Waals surface area (Å²) < 4.78 is 25.2. The molecule has 2 amide bonds. The molecule has 1 aromatic heterocycles. The van der Waals surface area contributed by atoms with E-state index in [9.17, 15) is 13.2 Å². The molecule has 0 aliphatic heterocycles. The Morgan fingerprint density at radius 2 is 1.91 bits per heavy atom. The van der Waals surface area contributed by atoms with E-state index in [0.29, 0.717) is 11.2 Å². The van der Waals surface area contributed by atoms with Gasteiger partial charge in [-0.25, -0.2) is 18.2 Å². The number of carbonyl (C=O) groups excluding carboxylic acids is 1. The van der Waals surface area contributed by atoms with Gasteiger partial charge in [0.05, 0.1) is 15.5 Å². The van der Waals surface area contributed by atoms with Crippen LogP contribution in [0.5, 0.6) is 0 Å². The Bertz CT molecular complexity index is 833. The normalized spacial score (nSPS) is 12.6. The van der Waals surface area contributed by atoms with Gasteiger partial charge in [-0.15, -0.1) is 11.3 Å². The quantitative estimate of drug-likeness (QED) is 0.883. The predicted molar refractivity (Wildman–Crippen MR) is 93.8 cm³/mol. The number of urea groups is 1. The molecule has 6 nitrogen and oxygen atoms in total. The minimum absolute atomic E-state index is 0.110. The molecule has 126 valence electrons. The van der Waals surface area contributed by atoms with Crippen molar-refractivity contribution in [2.75, 3.05) is 5.32 Å². The standard InChI is InChI=1S/C15H21N3O3S2/c1-9(2)23(20,21)14-17-11-7-6-10(8-12(11)22-14)16-13(19)18-15(3,4)5/h6-9H,1-5H3,(H2,16,18,19). The smallest absolute Gasteiger partial charge is 0.319 e. The highest BCUT2D eigenvalue weighted by Crippen LogP contribution is 2.29. The van der Waals surface area contributed by atoms with Gasteiger partial charge in [0.2, 0.25) is 14.2 Å². The molecule has 0 unspecified atom stereocenters. The van der Waals surface area contributed by atoms with Crippen molar-refractivity contribution in [1.82, 2.24) is 10.3 Å². The first kappa shape index (κ1) is 17.7.